The van der Waals surface area contributed by atoms with Gasteiger partial charge in [-0.2, -0.15) is 0 Å². The zero-order valence-electron chi connectivity index (χ0n) is 13.1. The summed E-state index contributed by atoms with van der Waals surface area (Å²) in [5.41, 5.74) is 0.512. The summed E-state index contributed by atoms with van der Waals surface area (Å²) in [5.74, 6) is 0.745. The molecule has 0 radical (unpaired) electrons. The molecule has 128 valence electrons. The molecule has 1 saturated heterocycles. The van der Waals surface area contributed by atoms with Gasteiger partial charge in [0.15, 0.2) is 11.5 Å². The van der Waals surface area contributed by atoms with E-state index in [2.05, 4.69) is 0 Å². The van der Waals surface area contributed by atoms with E-state index < -0.39 is 5.25 Å². The first kappa shape index (κ1) is 16.3. The summed E-state index contributed by atoms with van der Waals surface area (Å²) < 4.78 is 11.0. The number of thioether (sulfide) groups is 1. The molecule has 0 bridgehead atoms. The molecule has 0 saturated carbocycles. The van der Waals surface area contributed by atoms with Gasteiger partial charge in [0, 0.05) is 22.4 Å². The molecule has 2 aromatic carbocycles. The number of rotatable bonds is 3. The van der Waals surface area contributed by atoms with Crippen molar-refractivity contribution in [1.82, 2.24) is 0 Å². The van der Waals surface area contributed by atoms with Gasteiger partial charge in [-0.05, 0) is 36.4 Å². The molecule has 4 rings (SSSR count). The predicted octanol–water partition coefficient (Wildman–Crippen LogP) is 3.54. The number of hydrogen-bond donors (Lipinski definition) is 0. The SMILES string of the molecule is O=C1C[C@H](Sc2ccc(Cl)cc2)C(=O)N1c1ccc2c(c1)OCCO2. The molecule has 25 heavy (non-hydrogen) atoms. The Morgan fingerprint density at radius 1 is 1.00 bits per heavy atom. The van der Waals surface area contributed by atoms with Gasteiger partial charge in [0.2, 0.25) is 11.8 Å². The molecule has 2 aromatic rings. The Hall–Kier alpha value is -2.18. The highest BCUT2D eigenvalue weighted by molar-refractivity contribution is 8.00. The van der Waals surface area contributed by atoms with Crippen LogP contribution in [-0.2, 0) is 9.59 Å². The zero-order chi connectivity index (χ0) is 17.4. The van der Waals surface area contributed by atoms with Gasteiger partial charge in [-0.15, -0.1) is 11.8 Å². The van der Waals surface area contributed by atoms with Crippen molar-refractivity contribution in [2.24, 2.45) is 0 Å². The summed E-state index contributed by atoms with van der Waals surface area (Å²) in [5, 5.41) is 0.193. The predicted molar refractivity (Wildman–Crippen MR) is 95.6 cm³/mol. The number of imide groups is 1. The number of halogens is 1. The highest BCUT2D eigenvalue weighted by Gasteiger charge is 2.40. The standard InChI is InChI=1S/C18H14ClNO4S/c19-11-1-4-13(5-2-11)25-16-10-17(21)20(18(16)22)12-3-6-14-15(9-12)24-8-7-23-14/h1-6,9,16H,7-8,10H2/t16-/m0/s1. The van der Waals surface area contributed by atoms with Gasteiger partial charge in [0.1, 0.15) is 13.2 Å². The van der Waals surface area contributed by atoms with E-state index in [0.717, 1.165) is 4.90 Å². The minimum atomic E-state index is -0.443. The molecule has 1 atom stereocenters. The zero-order valence-corrected chi connectivity index (χ0v) is 14.7. The van der Waals surface area contributed by atoms with Crippen molar-refractivity contribution >= 4 is 40.9 Å². The number of nitrogens with zero attached hydrogens (tertiary/aromatic N) is 1. The third-order valence-electron chi connectivity index (χ3n) is 3.98. The molecule has 5 nitrogen and oxygen atoms in total. The third kappa shape index (κ3) is 3.19. The van der Waals surface area contributed by atoms with Gasteiger partial charge in [-0.3, -0.25) is 9.59 Å². The van der Waals surface area contributed by atoms with E-state index >= 15 is 0 Å². The van der Waals surface area contributed by atoms with Gasteiger partial charge in [0.05, 0.1) is 10.9 Å². The maximum absolute atomic E-state index is 12.7. The molecule has 1 fully saturated rings. The Kier molecular flexibility index (Phi) is 4.31. The van der Waals surface area contributed by atoms with Crippen molar-refractivity contribution < 1.29 is 19.1 Å². The Balaban J connectivity index is 1.56. The highest BCUT2D eigenvalue weighted by Crippen LogP contribution is 2.38. The Morgan fingerprint density at radius 2 is 1.72 bits per heavy atom. The number of amides is 2. The van der Waals surface area contributed by atoms with Crippen LogP contribution in [0.25, 0.3) is 0 Å². The summed E-state index contributed by atoms with van der Waals surface area (Å²) in [6.45, 7) is 0.946. The van der Waals surface area contributed by atoms with E-state index in [1.807, 2.05) is 12.1 Å². The molecule has 0 unspecified atom stereocenters. The van der Waals surface area contributed by atoms with Crippen LogP contribution in [0.5, 0.6) is 11.5 Å². The molecule has 0 spiro atoms. The molecular weight excluding hydrogens is 362 g/mol. The van der Waals surface area contributed by atoms with Crippen LogP contribution in [0, 0.1) is 0 Å². The van der Waals surface area contributed by atoms with Crippen LogP contribution in [0.15, 0.2) is 47.4 Å². The van der Waals surface area contributed by atoms with Crippen LogP contribution < -0.4 is 14.4 Å². The average Bonchev–Trinajstić information content (AvgIpc) is 2.90. The lowest BCUT2D eigenvalue weighted by molar-refractivity contribution is -0.121. The first-order valence-electron chi connectivity index (χ1n) is 7.80. The molecule has 0 aliphatic carbocycles. The number of benzene rings is 2. The lowest BCUT2D eigenvalue weighted by Crippen LogP contribution is -2.31. The lowest BCUT2D eigenvalue weighted by Gasteiger charge is -2.21. The molecule has 2 aliphatic heterocycles. The van der Waals surface area contributed by atoms with E-state index in [4.69, 9.17) is 21.1 Å². The number of carbonyl (C=O) groups excluding carboxylic acids is 2. The topological polar surface area (TPSA) is 55.8 Å². The Morgan fingerprint density at radius 3 is 2.48 bits per heavy atom. The average molecular weight is 376 g/mol. The van der Waals surface area contributed by atoms with Crippen molar-refractivity contribution in [2.75, 3.05) is 18.1 Å². The van der Waals surface area contributed by atoms with E-state index in [1.165, 1.54) is 16.7 Å². The van der Waals surface area contributed by atoms with Crippen LogP contribution in [-0.4, -0.2) is 30.3 Å². The van der Waals surface area contributed by atoms with Crippen molar-refractivity contribution in [3.63, 3.8) is 0 Å². The van der Waals surface area contributed by atoms with E-state index in [9.17, 15) is 9.59 Å². The minimum Gasteiger partial charge on any atom is -0.486 e. The maximum Gasteiger partial charge on any atom is 0.247 e. The van der Waals surface area contributed by atoms with Gasteiger partial charge in [0.25, 0.3) is 0 Å². The van der Waals surface area contributed by atoms with Crippen molar-refractivity contribution in [3.05, 3.63) is 47.5 Å². The normalized spacial score (nSPS) is 19.4. The van der Waals surface area contributed by atoms with Crippen molar-refractivity contribution in [1.29, 1.82) is 0 Å². The van der Waals surface area contributed by atoms with Crippen LogP contribution in [0.4, 0.5) is 5.69 Å². The largest absolute Gasteiger partial charge is 0.486 e. The first-order chi connectivity index (χ1) is 12.1. The van der Waals surface area contributed by atoms with Crippen LogP contribution in [0.3, 0.4) is 0 Å². The monoisotopic (exact) mass is 375 g/mol. The van der Waals surface area contributed by atoms with Gasteiger partial charge >= 0.3 is 0 Å². The van der Waals surface area contributed by atoms with Crippen LogP contribution in [0.2, 0.25) is 5.02 Å². The summed E-state index contributed by atoms with van der Waals surface area (Å²) in [6, 6.07) is 12.3. The molecule has 0 N–H and O–H groups in total. The second kappa shape index (κ2) is 6.61. The Labute approximate surface area is 153 Å². The molecule has 2 amide bonds. The number of hydrogen-bond acceptors (Lipinski definition) is 5. The maximum atomic E-state index is 12.7. The molecule has 2 heterocycles. The van der Waals surface area contributed by atoms with Gasteiger partial charge < -0.3 is 9.47 Å². The fourth-order valence-electron chi connectivity index (χ4n) is 2.82. The van der Waals surface area contributed by atoms with Crippen molar-refractivity contribution in [3.8, 4) is 11.5 Å². The Bertz CT molecular complexity index is 839. The molecule has 2 aliphatic rings. The second-order valence-electron chi connectivity index (χ2n) is 5.66. The molecular formula is C18H14ClNO4S. The van der Waals surface area contributed by atoms with E-state index in [1.54, 1.807) is 30.3 Å². The number of ether oxygens (including phenoxy) is 2. The van der Waals surface area contributed by atoms with Crippen LogP contribution >= 0.6 is 23.4 Å². The number of anilines is 1. The molecule has 0 aromatic heterocycles. The lowest BCUT2D eigenvalue weighted by atomic mass is 10.2. The second-order valence-corrected chi connectivity index (χ2v) is 7.37. The van der Waals surface area contributed by atoms with E-state index in [-0.39, 0.29) is 18.2 Å². The number of carbonyl (C=O) groups is 2. The summed E-state index contributed by atoms with van der Waals surface area (Å²) >= 11 is 7.25. The highest BCUT2D eigenvalue weighted by atomic mass is 35.5. The molecule has 7 heteroatoms. The van der Waals surface area contributed by atoms with E-state index in [0.29, 0.717) is 35.4 Å². The third-order valence-corrected chi connectivity index (χ3v) is 5.43. The van der Waals surface area contributed by atoms with Crippen LogP contribution in [0.1, 0.15) is 6.42 Å². The first-order valence-corrected chi connectivity index (χ1v) is 9.06. The quantitative estimate of drug-likeness (QED) is 0.768. The fraction of sp³-hybridized carbons (Fsp3) is 0.222. The minimum absolute atomic E-state index is 0.167. The summed E-state index contributed by atoms with van der Waals surface area (Å²) in [6.07, 6.45) is 0.167. The summed E-state index contributed by atoms with van der Waals surface area (Å²) in [7, 11) is 0. The van der Waals surface area contributed by atoms with Gasteiger partial charge in [-0.25, -0.2) is 4.90 Å². The number of fused-ring (bicyclic) bond motifs is 1. The smallest absolute Gasteiger partial charge is 0.247 e. The summed E-state index contributed by atoms with van der Waals surface area (Å²) in [4.78, 5) is 27.3. The fourth-order valence-corrected chi connectivity index (χ4v) is 4.00. The van der Waals surface area contributed by atoms with Crippen molar-refractivity contribution in [2.45, 2.75) is 16.6 Å². The van der Waals surface area contributed by atoms with Gasteiger partial charge in [-0.1, -0.05) is 11.6 Å².